The predicted octanol–water partition coefficient (Wildman–Crippen LogP) is 5.30. The highest BCUT2D eigenvalue weighted by molar-refractivity contribution is 4.75. The summed E-state index contributed by atoms with van der Waals surface area (Å²) in [4.78, 5) is 0. The Balaban J connectivity index is 2.39. The van der Waals surface area contributed by atoms with Crippen LogP contribution in [0.25, 0.3) is 0 Å². The van der Waals surface area contributed by atoms with Crippen LogP contribution < -0.4 is 5.32 Å². The molecule has 1 saturated carbocycles. The largest absolute Gasteiger partial charge is 0.317 e. The molecule has 0 radical (unpaired) electrons. The molecule has 1 aliphatic carbocycles. The van der Waals surface area contributed by atoms with Crippen molar-refractivity contribution in [3.63, 3.8) is 0 Å². The number of hydrogen-bond acceptors (Lipinski definition) is 1. The topological polar surface area (TPSA) is 12.0 Å². The van der Waals surface area contributed by atoms with Gasteiger partial charge in [0.15, 0.2) is 0 Å². The van der Waals surface area contributed by atoms with E-state index in [1.807, 2.05) is 0 Å². The first-order valence-corrected chi connectivity index (χ1v) is 8.55. The van der Waals surface area contributed by atoms with Crippen LogP contribution in [0.2, 0.25) is 0 Å². The van der Waals surface area contributed by atoms with Gasteiger partial charge in [-0.25, -0.2) is 0 Å². The maximum atomic E-state index is 3.58. The van der Waals surface area contributed by atoms with Gasteiger partial charge in [-0.2, -0.15) is 0 Å². The van der Waals surface area contributed by atoms with Crippen molar-refractivity contribution < 1.29 is 0 Å². The average Bonchev–Trinajstić information content (AvgIpc) is 2.37. The molecule has 1 rings (SSSR count). The first-order valence-electron chi connectivity index (χ1n) is 8.55. The van der Waals surface area contributed by atoms with E-state index in [0.29, 0.717) is 0 Å². The van der Waals surface area contributed by atoms with Gasteiger partial charge in [0, 0.05) is 6.04 Å². The second-order valence-corrected chi connectivity index (χ2v) is 6.20. The zero-order valence-electron chi connectivity index (χ0n) is 12.8. The van der Waals surface area contributed by atoms with Crippen molar-refractivity contribution in [2.24, 2.45) is 5.92 Å². The minimum atomic E-state index is 0.776. The molecule has 0 aromatic rings. The molecule has 1 nitrogen and oxygen atoms in total. The summed E-state index contributed by atoms with van der Waals surface area (Å²) in [5.74, 6) is 0.939. The Bertz CT molecular complexity index is 166. The highest BCUT2D eigenvalue weighted by Crippen LogP contribution is 2.25. The van der Waals surface area contributed by atoms with Gasteiger partial charge < -0.3 is 5.32 Å². The highest BCUT2D eigenvalue weighted by Gasteiger charge is 2.18. The molecule has 0 bridgehead atoms. The van der Waals surface area contributed by atoms with Gasteiger partial charge in [-0.05, 0) is 32.2 Å². The molecule has 0 aliphatic heterocycles. The maximum absolute atomic E-state index is 3.58. The van der Waals surface area contributed by atoms with Gasteiger partial charge in [-0.15, -0.1) is 0 Å². The van der Waals surface area contributed by atoms with Gasteiger partial charge in [-0.3, -0.25) is 0 Å². The van der Waals surface area contributed by atoms with E-state index in [9.17, 15) is 0 Å². The molecule has 1 N–H and O–H groups in total. The van der Waals surface area contributed by atoms with Gasteiger partial charge in [0.1, 0.15) is 0 Å². The SMILES string of the molecule is CCCC(NC)C1CCCCCCCCCCC1. The summed E-state index contributed by atoms with van der Waals surface area (Å²) in [5, 5.41) is 3.58. The molecule has 0 saturated heterocycles. The third-order valence-corrected chi connectivity index (χ3v) is 4.69. The van der Waals surface area contributed by atoms with E-state index >= 15 is 0 Å². The Morgan fingerprint density at radius 2 is 1.28 bits per heavy atom. The molecule has 0 amide bonds. The Hall–Kier alpha value is -0.0400. The molecular formula is C17H35N. The molecule has 0 aromatic carbocycles. The molecule has 108 valence electrons. The molecule has 0 aromatic heterocycles. The molecule has 0 heterocycles. The zero-order chi connectivity index (χ0) is 13.1. The molecule has 1 aliphatic rings. The summed E-state index contributed by atoms with van der Waals surface area (Å²) in [6.45, 7) is 2.32. The van der Waals surface area contributed by atoms with E-state index in [1.54, 1.807) is 0 Å². The lowest BCUT2D eigenvalue weighted by Crippen LogP contribution is -2.33. The second kappa shape index (κ2) is 10.8. The van der Waals surface area contributed by atoms with Crippen molar-refractivity contribution in [3.8, 4) is 0 Å². The smallest absolute Gasteiger partial charge is 0.00922 e. The fourth-order valence-electron chi connectivity index (χ4n) is 3.52. The Kier molecular flexibility index (Phi) is 9.65. The van der Waals surface area contributed by atoms with Crippen LogP contribution in [0.5, 0.6) is 0 Å². The Morgan fingerprint density at radius 1 is 0.833 bits per heavy atom. The van der Waals surface area contributed by atoms with E-state index in [0.717, 1.165) is 12.0 Å². The quantitative estimate of drug-likeness (QED) is 0.717. The fourth-order valence-corrected chi connectivity index (χ4v) is 3.52. The van der Waals surface area contributed by atoms with Gasteiger partial charge in [0.05, 0.1) is 0 Å². The van der Waals surface area contributed by atoms with Crippen molar-refractivity contribution >= 4 is 0 Å². The van der Waals surface area contributed by atoms with Gasteiger partial charge >= 0.3 is 0 Å². The molecule has 0 spiro atoms. The van der Waals surface area contributed by atoms with Gasteiger partial charge in [0.2, 0.25) is 0 Å². The van der Waals surface area contributed by atoms with Crippen molar-refractivity contribution in [2.75, 3.05) is 7.05 Å². The van der Waals surface area contributed by atoms with Crippen LogP contribution in [0.3, 0.4) is 0 Å². The van der Waals surface area contributed by atoms with E-state index in [4.69, 9.17) is 0 Å². The van der Waals surface area contributed by atoms with Crippen molar-refractivity contribution in [2.45, 2.75) is 96.4 Å². The van der Waals surface area contributed by atoms with Crippen LogP contribution in [0.1, 0.15) is 90.4 Å². The number of nitrogens with one attached hydrogen (secondary N) is 1. The second-order valence-electron chi connectivity index (χ2n) is 6.20. The van der Waals surface area contributed by atoms with Crippen LogP contribution in [0.4, 0.5) is 0 Å². The standard InChI is InChI=1S/C17H35N/c1-3-13-17(18-2)16-14-11-9-7-5-4-6-8-10-12-15-16/h16-18H,3-15H2,1-2H3. The molecule has 1 fully saturated rings. The van der Waals surface area contributed by atoms with E-state index in [-0.39, 0.29) is 0 Å². The van der Waals surface area contributed by atoms with Crippen molar-refractivity contribution in [1.29, 1.82) is 0 Å². The lowest BCUT2D eigenvalue weighted by Gasteiger charge is -2.27. The third kappa shape index (κ3) is 6.78. The van der Waals surface area contributed by atoms with Crippen LogP contribution in [0.15, 0.2) is 0 Å². The molecule has 1 heteroatoms. The lowest BCUT2D eigenvalue weighted by atomic mass is 9.85. The summed E-state index contributed by atoms with van der Waals surface area (Å²) in [5.41, 5.74) is 0. The molecule has 1 unspecified atom stereocenters. The zero-order valence-corrected chi connectivity index (χ0v) is 12.8. The first-order chi connectivity index (χ1) is 8.88. The van der Waals surface area contributed by atoms with E-state index in [2.05, 4.69) is 19.3 Å². The molecule has 1 atom stereocenters. The fraction of sp³-hybridized carbons (Fsp3) is 1.00. The third-order valence-electron chi connectivity index (χ3n) is 4.69. The number of hydrogen-bond donors (Lipinski definition) is 1. The summed E-state index contributed by atoms with van der Waals surface area (Å²) >= 11 is 0. The van der Waals surface area contributed by atoms with Crippen LogP contribution in [-0.2, 0) is 0 Å². The van der Waals surface area contributed by atoms with Gasteiger partial charge in [-0.1, -0.05) is 71.1 Å². The predicted molar refractivity (Wildman–Crippen MR) is 82.0 cm³/mol. The highest BCUT2D eigenvalue weighted by atomic mass is 14.9. The average molecular weight is 253 g/mol. The minimum absolute atomic E-state index is 0.776. The van der Waals surface area contributed by atoms with E-state index in [1.165, 1.54) is 83.5 Å². The molecule has 18 heavy (non-hydrogen) atoms. The Morgan fingerprint density at radius 3 is 1.67 bits per heavy atom. The van der Waals surface area contributed by atoms with Gasteiger partial charge in [0.25, 0.3) is 0 Å². The maximum Gasteiger partial charge on any atom is 0.00922 e. The van der Waals surface area contributed by atoms with Crippen molar-refractivity contribution in [1.82, 2.24) is 5.32 Å². The summed E-state index contributed by atoms with van der Waals surface area (Å²) in [7, 11) is 2.16. The van der Waals surface area contributed by atoms with Crippen molar-refractivity contribution in [3.05, 3.63) is 0 Å². The summed E-state index contributed by atoms with van der Waals surface area (Å²) in [6.07, 6.45) is 18.9. The number of rotatable bonds is 4. The van der Waals surface area contributed by atoms with Crippen LogP contribution >= 0.6 is 0 Å². The van der Waals surface area contributed by atoms with Crippen LogP contribution in [-0.4, -0.2) is 13.1 Å². The normalized spacial score (nSPS) is 23.0. The van der Waals surface area contributed by atoms with Crippen LogP contribution in [0, 0.1) is 5.92 Å². The Labute approximate surface area is 115 Å². The molecular weight excluding hydrogens is 218 g/mol. The lowest BCUT2D eigenvalue weighted by molar-refractivity contribution is 0.292. The van der Waals surface area contributed by atoms with E-state index < -0.39 is 0 Å². The first kappa shape index (κ1) is 16.0. The monoisotopic (exact) mass is 253 g/mol. The summed E-state index contributed by atoms with van der Waals surface area (Å²) < 4.78 is 0. The minimum Gasteiger partial charge on any atom is -0.317 e. The summed E-state index contributed by atoms with van der Waals surface area (Å²) in [6, 6.07) is 0.776.